The van der Waals surface area contributed by atoms with Crippen molar-refractivity contribution in [1.82, 2.24) is 14.8 Å². The molecule has 0 atom stereocenters. The van der Waals surface area contributed by atoms with Crippen molar-refractivity contribution in [1.29, 1.82) is 0 Å². The second-order valence-electron chi connectivity index (χ2n) is 6.08. The maximum Gasteiger partial charge on any atom is 0.280 e. The van der Waals surface area contributed by atoms with E-state index < -0.39 is 0 Å². The fraction of sp³-hybridized carbons (Fsp3) is 0.444. The monoisotopic (exact) mass is 346 g/mol. The molecule has 0 aliphatic carbocycles. The lowest BCUT2D eigenvalue weighted by molar-refractivity contribution is 0.0393. The molecule has 1 fully saturated rings. The van der Waals surface area contributed by atoms with Crippen LogP contribution in [0.3, 0.4) is 0 Å². The molecule has 7 heteroatoms. The number of ether oxygens (including phenoxy) is 1. The standard InChI is InChI=1S/C18H23FN4O2/c1-3-4-16-17(13(2)20-22-9-11-25-12-10-22)18(24)23(21-16)15-7-5-14(19)6-8-15/h5-8,21H,3-4,9-12H2,1-2H3/b20-13+. The van der Waals surface area contributed by atoms with Gasteiger partial charge in [-0.3, -0.25) is 14.9 Å². The van der Waals surface area contributed by atoms with Gasteiger partial charge in [0.05, 0.1) is 43.3 Å². The Kier molecular flexibility index (Phi) is 5.33. The van der Waals surface area contributed by atoms with Crippen LogP contribution in [0.25, 0.3) is 5.69 Å². The second-order valence-corrected chi connectivity index (χ2v) is 6.08. The van der Waals surface area contributed by atoms with Crippen LogP contribution in [0.2, 0.25) is 0 Å². The number of benzene rings is 1. The molecule has 1 aliphatic heterocycles. The minimum atomic E-state index is -0.331. The lowest BCUT2D eigenvalue weighted by atomic mass is 10.1. The predicted molar refractivity (Wildman–Crippen MR) is 94.9 cm³/mol. The Morgan fingerprint density at radius 3 is 2.60 bits per heavy atom. The van der Waals surface area contributed by atoms with Gasteiger partial charge >= 0.3 is 0 Å². The first-order valence-electron chi connectivity index (χ1n) is 8.58. The highest BCUT2D eigenvalue weighted by Gasteiger charge is 2.19. The summed E-state index contributed by atoms with van der Waals surface area (Å²) in [7, 11) is 0. The highest BCUT2D eigenvalue weighted by atomic mass is 19.1. The Hall–Kier alpha value is -2.41. The van der Waals surface area contributed by atoms with Gasteiger partial charge in [-0.1, -0.05) is 13.3 Å². The summed E-state index contributed by atoms with van der Waals surface area (Å²) in [6.45, 7) is 6.64. The first kappa shape index (κ1) is 17.4. The molecule has 1 saturated heterocycles. The van der Waals surface area contributed by atoms with E-state index in [1.807, 2.05) is 11.9 Å². The number of nitrogens with zero attached hydrogens (tertiary/aromatic N) is 3. The number of rotatable bonds is 5. The summed E-state index contributed by atoms with van der Waals surface area (Å²) in [5.41, 5.74) is 2.58. The van der Waals surface area contributed by atoms with E-state index in [9.17, 15) is 9.18 Å². The molecule has 3 rings (SSSR count). The van der Waals surface area contributed by atoms with Crippen molar-refractivity contribution in [3.05, 3.63) is 51.7 Å². The molecule has 1 aromatic heterocycles. The van der Waals surface area contributed by atoms with E-state index in [0.29, 0.717) is 30.2 Å². The Morgan fingerprint density at radius 2 is 1.96 bits per heavy atom. The zero-order valence-electron chi connectivity index (χ0n) is 14.6. The molecule has 0 saturated carbocycles. The topological polar surface area (TPSA) is 62.6 Å². The van der Waals surface area contributed by atoms with Gasteiger partial charge < -0.3 is 4.74 Å². The first-order valence-corrected chi connectivity index (χ1v) is 8.58. The number of halogens is 1. The normalized spacial score (nSPS) is 15.6. The summed E-state index contributed by atoms with van der Waals surface area (Å²) in [6, 6.07) is 5.86. The summed E-state index contributed by atoms with van der Waals surface area (Å²) in [5.74, 6) is -0.331. The zero-order chi connectivity index (χ0) is 17.8. The van der Waals surface area contributed by atoms with Crippen LogP contribution < -0.4 is 5.56 Å². The molecule has 0 radical (unpaired) electrons. The molecule has 1 N–H and O–H groups in total. The van der Waals surface area contributed by atoms with Crippen molar-refractivity contribution in [2.75, 3.05) is 26.3 Å². The van der Waals surface area contributed by atoms with Gasteiger partial charge in [-0.05, 0) is 37.6 Å². The van der Waals surface area contributed by atoms with Crippen LogP contribution in [-0.4, -0.2) is 46.8 Å². The van der Waals surface area contributed by atoms with Crippen LogP contribution in [0.15, 0.2) is 34.2 Å². The fourth-order valence-electron chi connectivity index (χ4n) is 2.97. The predicted octanol–water partition coefficient (Wildman–Crippen LogP) is 2.31. The number of morpholine rings is 1. The third-order valence-corrected chi connectivity index (χ3v) is 4.19. The smallest absolute Gasteiger partial charge is 0.280 e. The van der Waals surface area contributed by atoms with Gasteiger partial charge in [-0.15, -0.1) is 0 Å². The lowest BCUT2D eigenvalue weighted by Gasteiger charge is -2.24. The Balaban J connectivity index is 2.01. The van der Waals surface area contributed by atoms with Gasteiger partial charge in [0.25, 0.3) is 5.56 Å². The third-order valence-electron chi connectivity index (χ3n) is 4.19. The number of nitrogens with one attached hydrogen (secondary N) is 1. The first-order chi connectivity index (χ1) is 12.1. The molecular formula is C18H23FN4O2. The van der Waals surface area contributed by atoms with Crippen molar-refractivity contribution in [2.45, 2.75) is 26.7 Å². The number of aromatic nitrogens is 2. The average Bonchev–Trinajstić information content (AvgIpc) is 2.93. The quantitative estimate of drug-likeness (QED) is 0.845. The largest absolute Gasteiger partial charge is 0.378 e. The number of hydrogen-bond donors (Lipinski definition) is 1. The third kappa shape index (κ3) is 3.82. The van der Waals surface area contributed by atoms with Gasteiger partial charge in [-0.2, -0.15) is 5.10 Å². The summed E-state index contributed by atoms with van der Waals surface area (Å²) >= 11 is 0. The number of hydrazone groups is 1. The molecule has 25 heavy (non-hydrogen) atoms. The maximum absolute atomic E-state index is 13.2. The molecular weight excluding hydrogens is 323 g/mol. The SMILES string of the molecule is CCCc1[nH]n(-c2ccc(F)cc2)c(=O)c1/C(C)=N/N1CCOCC1. The summed E-state index contributed by atoms with van der Waals surface area (Å²) in [4.78, 5) is 12.9. The molecule has 0 unspecified atom stereocenters. The molecule has 1 aromatic carbocycles. The summed E-state index contributed by atoms with van der Waals surface area (Å²) in [6.07, 6.45) is 1.65. The summed E-state index contributed by atoms with van der Waals surface area (Å²) < 4.78 is 20.0. The minimum Gasteiger partial charge on any atom is -0.378 e. The number of hydrogen-bond acceptors (Lipinski definition) is 4. The molecule has 134 valence electrons. The molecule has 0 bridgehead atoms. The second kappa shape index (κ2) is 7.65. The molecule has 2 heterocycles. The molecule has 0 spiro atoms. The lowest BCUT2D eigenvalue weighted by Crippen LogP contribution is -2.33. The average molecular weight is 346 g/mol. The van der Waals surface area contributed by atoms with E-state index in [4.69, 9.17) is 4.74 Å². The van der Waals surface area contributed by atoms with Gasteiger partial charge in [0.2, 0.25) is 0 Å². The number of aryl methyl sites for hydroxylation is 1. The highest BCUT2D eigenvalue weighted by Crippen LogP contribution is 2.12. The molecule has 2 aromatic rings. The van der Waals surface area contributed by atoms with Crippen LogP contribution in [0, 0.1) is 5.82 Å². The molecule has 0 amide bonds. The number of aromatic amines is 1. The van der Waals surface area contributed by atoms with E-state index in [1.165, 1.54) is 16.8 Å². The van der Waals surface area contributed by atoms with Crippen molar-refractivity contribution in [3.8, 4) is 5.69 Å². The Labute approximate surface area is 145 Å². The minimum absolute atomic E-state index is 0.162. The highest BCUT2D eigenvalue weighted by molar-refractivity contribution is 5.99. The zero-order valence-corrected chi connectivity index (χ0v) is 14.6. The van der Waals surface area contributed by atoms with Crippen molar-refractivity contribution < 1.29 is 9.13 Å². The summed E-state index contributed by atoms with van der Waals surface area (Å²) in [5, 5.41) is 9.70. The van der Waals surface area contributed by atoms with Crippen LogP contribution in [0.4, 0.5) is 4.39 Å². The van der Waals surface area contributed by atoms with E-state index in [0.717, 1.165) is 31.6 Å². The van der Waals surface area contributed by atoms with Gasteiger partial charge in [0.1, 0.15) is 5.82 Å². The van der Waals surface area contributed by atoms with Crippen molar-refractivity contribution in [2.24, 2.45) is 5.10 Å². The Bertz CT molecular complexity index is 801. The van der Waals surface area contributed by atoms with Gasteiger partial charge in [0, 0.05) is 5.69 Å². The Morgan fingerprint density at radius 1 is 1.28 bits per heavy atom. The fourth-order valence-corrected chi connectivity index (χ4v) is 2.97. The molecule has 1 aliphatic rings. The maximum atomic E-state index is 13.2. The van der Waals surface area contributed by atoms with E-state index in [2.05, 4.69) is 17.1 Å². The van der Waals surface area contributed by atoms with Crippen molar-refractivity contribution in [3.63, 3.8) is 0 Å². The van der Waals surface area contributed by atoms with E-state index in [1.54, 1.807) is 12.1 Å². The van der Waals surface area contributed by atoms with Crippen LogP contribution in [-0.2, 0) is 11.2 Å². The van der Waals surface area contributed by atoms with Gasteiger partial charge in [0.15, 0.2) is 0 Å². The van der Waals surface area contributed by atoms with Gasteiger partial charge in [-0.25, -0.2) is 9.07 Å². The molecule has 6 nitrogen and oxygen atoms in total. The van der Waals surface area contributed by atoms with Crippen LogP contribution in [0.5, 0.6) is 0 Å². The number of H-pyrrole nitrogens is 1. The van der Waals surface area contributed by atoms with E-state index >= 15 is 0 Å². The van der Waals surface area contributed by atoms with E-state index in [-0.39, 0.29) is 11.4 Å². The van der Waals surface area contributed by atoms with Crippen LogP contribution >= 0.6 is 0 Å². The van der Waals surface area contributed by atoms with Crippen molar-refractivity contribution >= 4 is 5.71 Å². The van der Waals surface area contributed by atoms with Crippen LogP contribution in [0.1, 0.15) is 31.5 Å².